The fraction of sp³-hybridized carbons (Fsp3) is 0.250. The largest absolute Gasteiger partial charge is 0.457 e. The first-order valence-corrected chi connectivity index (χ1v) is 6.87. The number of nitrogens with one attached hydrogen (secondary N) is 1. The summed E-state index contributed by atoms with van der Waals surface area (Å²) in [5.74, 6) is 1.29. The molecule has 3 nitrogen and oxygen atoms in total. The van der Waals surface area contributed by atoms with Gasteiger partial charge in [-0.3, -0.25) is 0 Å². The third-order valence-corrected chi connectivity index (χ3v) is 3.57. The number of benzene rings is 2. The van der Waals surface area contributed by atoms with Gasteiger partial charge in [0.25, 0.3) is 0 Å². The van der Waals surface area contributed by atoms with E-state index in [-0.39, 0.29) is 12.6 Å². The van der Waals surface area contributed by atoms with Crippen LogP contribution in [0.15, 0.2) is 42.5 Å². The summed E-state index contributed by atoms with van der Waals surface area (Å²) in [6, 6.07) is 13.2. The normalized spacial score (nSPS) is 12.2. The van der Waals surface area contributed by atoms with Crippen molar-refractivity contribution in [1.29, 1.82) is 0 Å². The Morgan fingerprint density at radius 1 is 1.25 bits per heavy atom. The molecule has 2 rings (SSSR count). The van der Waals surface area contributed by atoms with E-state index in [1.54, 1.807) is 6.07 Å². The van der Waals surface area contributed by atoms with Crippen LogP contribution in [-0.2, 0) is 6.61 Å². The molecule has 0 aliphatic carbocycles. The van der Waals surface area contributed by atoms with Gasteiger partial charge >= 0.3 is 0 Å². The molecule has 0 bridgehead atoms. The van der Waals surface area contributed by atoms with Gasteiger partial charge in [0.15, 0.2) is 0 Å². The highest BCUT2D eigenvalue weighted by atomic mass is 35.5. The van der Waals surface area contributed by atoms with Gasteiger partial charge in [-0.2, -0.15) is 0 Å². The molecule has 2 aromatic carbocycles. The lowest BCUT2D eigenvalue weighted by molar-refractivity contribution is 0.276. The summed E-state index contributed by atoms with van der Waals surface area (Å²) in [4.78, 5) is 0. The van der Waals surface area contributed by atoms with Crippen LogP contribution in [0.25, 0.3) is 0 Å². The van der Waals surface area contributed by atoms with Gasteiger partial charge in [-0.15, -0.1) is 0 Å². The van der Waals surface area contributed by atoms with E-state index >= 15 is 0 Å². The van der Waals surface area contributed by atoms with Crippen molar-refractivity contribution in [2.45, 2.75) is 19.6 Å². The molecule has 4 heteroatoms. The lowest BCUT2D eigenvalue weighted by Crippen LogP contribution is -2.12. The predicted octanol–water partition coefficient (Wildman–Crippen LogP) is 3.91. The topological polar surface area (TPSA) is 41.5 Å². The lowest BCUT2D eigenvalue weighted by Gasteiger charge is -2.14. The molecular formula is C16H18ClNO2. The number of rotatable bonds is 5. The Hall–Kier alpha value is -1.55. The van der Waals surface area contributed by atoms with Gasteiger partial charge in [0, 0.05) is 16.6 Å². The second-order valence-electron chi connectivity index (χ2n) is 4.56. The van der Waals surface area contributed by atoms with Crippen LogP contribution in [0.2, 0.25) is 5.02 Å². The number of para-hydroxylation sites is 1. The highest BCUT2D eigenvalue weighted by Gasteiger charge is 2.10. The summed E-state index contributed by atoms with van der Waals surface area (Å²) in [6.07, 6.45) is 0. The van der Waals surface area contributed by atoms with Crippen molar-refractivity contribution in [3.63, 3.8) is 0 Å². The maximum absolute atomic E-state index is 9.29. The van der Waals surface area contributed by atoms with E-state index < -0.39 is 0 Å². The molecule has 106 valence electrons. The Morgan fingerprint density at radius 3 is 2.65 bits per heavy atom. The number of aliphatic hydroxyl groups excluding tert-OH is 1. The molecule has 20 heavy (non-hydrogen) atoms. The first kappa shape index (κ1) is 14.9. The highest BCUT2D eigenvalue weighted by molar-refractivity contribution is 6.31. The zero-order valence-corrected chi connectivity index (χ0v) is 12.3. The number of hydrogen-bond donors (Lipinski definition) is 2. The minimum absolute atomic E-state index is 0.0568. The van der Waals surface area contributed by atoms with Crippen molar-refractivity contribution in [3.8, 4) is 11.5 Å². The van der Waals surface area contributed by atoms with E-state index in [0.717, 1.165) is 11.1 Å². The quantitative estimate of drug-likeness (QED) is 0.878. The fourth-order valence-electron chi connectivity index (χ4n) is 1.94. The van der Waals surface area contributed by atoms with Gasteiger partial charge in [-0.05, 0) is 37.7 Å². The van der Waals surface area contributed by atoms with Crippen LogP contribution in [0.5, 0.6) is 11.5 Å². The SMILES string of the molecule is CNC(C)c1ccc(Oc2ccccc2CO)cc1Cl. The standard InChI is InChI=1S/C16H18ClNO2/c1-11(18-2)14-8-7-13(9-15(14)17)20-16-6-4-3-5-12(16)10-19/h3-9,11,18-19H,10H2,1-2H3. The summed E-state index contributed by atoms with van der Waals surface area (Å²) in [5, 5.41) is 13.1. The van der Waals surface area contributed by atoms with Gasteiger partial charge in [0.2, 0.25) is 0 Å². The van der Waals surface area contributed by atoms with Crippen molar-refractivity contribution in [1.82, 2.24) is 5.32 Å². The number of halogens is 1. The van der Waals surface area contributed by atoms with Crippen LogP contribution in [0.4, 0.5) is 0 Å². The van der Waals surface area contributed by atoms with Crippen molar-refractivity contribution in [2.75, 3.05) is 7.05 Å². The molecule has 0 aromatic heterocycles. The van der Waals surface area contributed by atoms with E-state index in [4.69, 9.17) is 16.3 Å². The molecule has 0 saturated heterocycles. The molecule has 0 aliphatic rings. The van der Waals surface area contributed by atoms with Crippen LogP contribution < -0.4 is 10.1 Å². The first-order chi connectivity index (χ1) is 9.65. The lowest BCUT2D eigenvalue weighted by atomic mass is 10.1. The Labute approximate surface area is 124 Å². The molecule has 0 fully saturated rings. The molecule has 2 aromatic rings. The molecule has 0 saturated carbocycles. The monoisotopic (exact) mass is 291 g/mol. The Kier molecular flexibility index (Phi) is 5.01. The predicted molar refractivity (Wildman–Crippen MR) is 81.4 cm³/mol. The molecule has 0 amide bonds. The minimum Gasteiger partial charge on any atom is -0.457 e. The first-order valence-electron chi connectivity index (χ1n) is 6.49. The highest BCUT2D eigenvalue weighted by Crippen LogP contribution is 2.31. The molecule has 0 radical (unpaired) electrons. The minimum atomic E-state index is -0.0568. The zero-order valence-electron chi connectivity index (χ0n) is 11.6. The van der Waals surface area contributed by atoms with Crippen LogP contribution in [0, 0.1) is 0 Å². The van der Waals surface area contributed by atoms with Gasteiger partial charge in [0.1, 0.15) is 11.5 Å². The summed E-state index contributed by atoms with van der Waals surface area (Å²) in [6.45, 7) is 1.99. The van der Waals surface area contributed by atoms with E-state index in [0.29, 0.717) is 16.5 Å². The smallest absolute Gasteiger partial charge is 0.132 e. The Bertz CT molecular complexity index is 586. The van der Waals surface area contributed by atoms with Crippen molar-refractivity contribution < 1.29 is 9.84 Å². The molecule has 0 spiro atoms. The number of hydrogen-bond acceptors (Lipinski definition) is 3. The van der Waals surface area contributed by atoms with E-state index in [2.05, 4.69) is 5.32 Å². The second kappa shape index (κ2) is 6.75. The maximum atomic E-state index is 9.29. The average Bonchev–Trinajstić information content (AvgIpc) is 2.47. The molecule has 0 aliphatic heterocycles. The summed E-state index contributed by atoms with van der Waals surface area (Å²) >= 11 is 6.27. The van der Waals surface area contributed by atoms with E-state index in [1.165, 1.54) is 0 Å². The number of ether oxygens (including phenoxy) is 1. The van der Waals surface area contributed by atoms with Gasteiger partial charge in [0.05, 0.1) is 6.61 Å². The van der Waals surface area contributed by atoms with Crippen LogP contribution in [-0.4, -0.2) is 12.2 Å². The van der Waals surface area contributed by atoms with Crippen LogP contribution in [0.3, 0.4) is 0 Å². The molecule has 2 N–H and O–H groups in total. The third-order valence-electron chi connectivity index (χ3n) is 3.24. The van der Waals surface area contributed by atoms with Gasteiger partial charge in [-0.25, -0.2) is 0 Å². The zero-order chi connectivity index (χ0) is 14.5. The van der Waals surface area contributed by atoms with Gasteiger partial charge < -0.3 is 15.2 Å². The second-order valence-corrected chi connectivity index (χ2v) is 4.97. The molecule has 1 atom stereocenters. The van der Waals surface area contributed by atoms with Crippen LogP contribution in [0.1, 0.15) is 24.1 Å². The average molecular weight is 292 g/mol. The summed E-state index contributed by atoms with van der Waals surface area (Å²) < 4.78 is 5.78. The molecule has 0 heterocycles. The molecular weight excluding hydrogens is 274 g/mol. The maximum Gasteiger partial charge on any atom is 0.132 e. The Balaban J connectivity index is 2.24. The molecule has 1 unspecified atom stereocenters. The fourth-order valence-corrected chi connectivity index (χ4v) is 2.27. The number of aliphatic hydroxyl groups is 1. The summed E-state index contributed by atoms with van der Waals surface area (Å²) in [5.41, 5.74) is 1.77. The Morgan fingerprint density at radius 2 is 2.00 bits per heavy atom. The van der Waals surface area contributed by atoms with E-state index in [9.17, 15) is 5.11 Å². The van der Waals surface area contributed by atoms with Crippen LogP contribution >= 0.6 is 11.6 Å². The van der Waals surface area contributed by atoms with E-state index in [1.807, 2.05) is 50.4 Å². The van der Waals surface area contributed by atoms with Crippen molar-refractivity contribution in [3.05, 3.63) is 58.6 Å². The van der Waals surface area contributed by atoms with Crippen molar-refractivity contribution >= 4 is 11.6 Å². The van der Waals surface area contributed by atoms with Crippen molar-refractivity contribution in [2.24, 2.45) is 0 Å². The third kappa shape index (κ3) is 3.31. The summed E-state index contributed by atoms with van der Waals surface area (Å²) in [7, 11) is 1.89. The van der Waals surface area contributed by atoms with Gasteiger partial charge in [-0.1, -0.05) is 35.9 Å².